The Morgan fingerprint density at radius 3 is 1.89 bits per heavy atom. The first-order valence-corrected chi connectivity index (χ1v) is 6.90. The van der Waals surface area contributed by atoms with Crippen LogP contribution < -0.4 is 21.1 Å². The molecule has 0 bridgehead atoms. The highest BCUT2D eigenvalue weighted by molar-refractivity contribution is 5.75. The van der Waals surface area contributed by atoms with Crippen LogP contribution in [0.15, 0.2) is 9.59 Å². The van der Waals surface area contributed by atoms with Crippen LogP contribution in [0.3, 0.4) is 0 Å². The molecule has 0 fully saturated rings. The molecule has 0 spiro atoms. The van der Waals surface area contributed by atoms with Gasteiger partial charge in [0, 0.05) is 21.1 Å². The van der Waals surface area contributed by atoms with E-state index in [2.05, 4.69) is 19.2 Å². The molecule has 1 rings (SSSR count). The summed E-state index contributed by atoms with van der Waals surface area (Å²) in [5.74, 6) is 0. The molecular weight excluding hydrogens is 228 g/mol. The van der Waals surface area contributed by atoms with Gasteiger partial charge in [0.25, 0.3) is 10.9 Å². The van der Waals surface area contributed by atoms with Gasteiger partial charge >= 0.3 is 0 Å². The van der Waals surface area contributed by atoms with E-state index < -0.39 is 0 Å². The molecular formula is C14H28N2O2. The summed E-state index contributed by atoms with van der Waals surface area (Å²) < 4.78 is 0. The normalized spacial score (nSPS) is 9.83. The topological polar surface area (TPSA) is 49.4 Å². The minimum Gasteiger partial charge on any atom is -0.380 e. The molecule has 0 radical (unpaired) electrons. The fourth-order valence-electron chi connectivity index (χ4n) is 1.64. The van der Waals surface area contributed by atoms with Gasteiger partial charge < -0.3 is 10.2 Å². The van der Waals surface area contributed by atoms with Crippen molar-refractivity contribution in [2.45, 2.75) is 47.5 Å². The van der Waals surface area contributed by atoms with E-state index in [9.17, 15) is 9.59 Å². The van der Waals surface area contributed by atoms with Crippen molar-refractivity contribution >= 4 is 11.4 Å². The first-order valence-electron chi connectivity index (χ1n) is 6.90. The average Bonchev–Trinajstić information content (AvgIpc) is 2.38. The maximum Gasteiger partial charge on any atom is 0.253 e. The highest BCUT2D eigenvalue weighted by Crippen LogP contribution is 2.19. The molecule has 0 atom stereocenters. The Morgan fingerprint density at radius 1 is 1.00 bits per heavy atom. The van der Waals surface area contributed by atoms with Crippen LogP contribution in [0, 0.1) is 0 Å². The van der Waals surface area contributed by atoms with Crippen LogP contribution in [0.25, 0.3) is 0 Å². The largest absolute Gasteiger partial charge is 0.380 e. The molecule has 18 heavy (non-hydrogen) atoms. The molecule has 0 aliphatic heterocycles. The van der Waals surface area contributed by atoms with Gasteiger partial charge in [0.15, 0.2) is 0 Å². The number of nitrogens with zero attached hydrogens (tertiary/aromatic N) is 1. The van der Waals surface area contributed by atoms with Gasteiger partial charge in [-0.25, -0.2) is 0 Å². The van der Waals surface area contributed by atoms with Crippen LogP contribution in [-0.4, -0.2) is 19.6 Å². The fraction of sp³-hybridized carbons (Fsp3) is 0.714. The van der Waals surface area contributed by atoms with Crippen molar-refractivity contribution in [2.75, 3.05) is 29.9 Å². The zero-order valence-electron chi connectivity index (χ0n) is 12.3. The van der Waals surface area contributed by atoms with Gasteiger partial charge in [-0.3, -0.25) is 9.59 Å². The quantitative estimate of drug-likeness (QED) is 0.795. The van der Waals surface area contributed by atoms with Crippen LogP contribution in [0.2, 0.25) is 0 Å². The molecule has 4 nitrogen and oxygen atoms in total. The van der Waals surface area contributed by atoms with Crippen LogP contribution >= 0.6 is 0 Å². The van der Waals surface area contributed by atoms with E-state index in [0.717, 1.165) is 26.1 Å². The molecule has 0 saturated heterocycles. The van der Waals surface area contributed by atoms with Gasteiger partial charge in [-0.05, 0) is 20.3 Å². The molecule has 0 unspecified atom stereocenters. The Balaban J connectivity index is 0. The van der Waals surface area contributed by atoms with E-state index in [1.807, 2.05) is 25.7 Å². The molecule has 0 saturated carbocycles. The molecule has 1 aromatic rings. The summed E-state index contributed by atoms with van der Waals surface area (Å²) in [5, 5.41) is 3.02. The second kappa shape index (κ2) is 8.72. The number of nitrogens with one attached hydrogen (secondary N) is 1. The lowest BCUT2D eigenvalue weighted by Gasteiger charge is -2.24. The van der Waals surface area contributed by atoms with Crippen molar-refractivity contribution in [2.24, 2.45) is 0 Å². The molecule has 1 N–H and O–H groups in total. The summed E-state index contributed by atoms with van der Waals surface area (Å²) in [6.07, 6.45) is 2.19. The second-order valence-corrected chi connectivity index (χ2v) is 4.19. The minimum absolute atomic E-state index is 0. The van der Waals surface area contributed by atoms with Gasteiger partial charge in [0.1, 0.15) is 11.4 Å². The lowest BCUT2D eigenvalue weighted by atomic mass is 10.1. The molecule has 1 aromatic carbocycles. The van der Waals surface area contributed by atoms with E-state index in [1.165, 1.54) is 6.42 Å². The SMILES string of the molecule is CCC.CCCNc1c(N(CC)CC)c(=O)c1=O.[HH]. The molecule has 0 heterocycles. The van der Waals surface area contributed by atoms with Crippen LogP contribution in [0.4, 0.5) is 11.4 Å². The van der Waals surface area contributed by atoms with Gasteiger partial charge in [0.05, 0.1) is 0 Å². The number of hydrogen-bond donors (Lipinski definition) is 1. The first kappa shape index (κ1) is 16.7. The Bertz CT molecular complexity index is 407. The Kier molecular flexibility index (Phi) is 8.08. The molecule has 4 heteroatoms. The van der Waals surface area contributed by atoms with Gasteiger partial charge in [0.2, 0.25) is 0 Å². The summed E-state index contributed by atoms with van der Waals surface area (Å²) in [7, 11) is 0. The third-order valence-electron chi connectivity index (χ3n) is 2.52. The lowest BCUT2D eigenvalue weighted by molar-refractivity contribution is 0.852. The fourth-order valence-corrected chi connectivity index (χ4v) is 1.64. The monoisotopic (exact) mass is 256 g/mol. The second-order valence-electron chi connectivity index (χ2n) is 4.19. The van der Waals surface area contributed by atoms with Crippen LogP contribution in [0.1, 0.15) is 48.9 Å². The predicted molar refractivity (Wildman–Crippen MR) is 81.8 cm³/mol. The highest BCUT2D eigenvalue weighted by atomic mass is 16.2. The first-order chi connectivity index (χ1) is 8.58. The Labute approximate surface area is 111 Å². The van der Waals surface area contributed by atoms with Gasteiger partial charge in [-0.15, -0.1) is 0 Å². The standard InChI is InChI=1S/C11H18N2O2.C3H8.H2/c1-4-7-12-8-9(11(15)10(8)14)13(5-2)6-3;1-3-2;/h12H,4-7H2,1-3H3;3H2,1-2H3;1H. The smallest absolute Gasteiger partial charge is 0.253 e. The van der Waals surface area contributed by atoms with Crippen molar-refractivity contribution in [1.29, 1.82) is 0 Å². The zero-order valence-corrected chi connectivity index (χ0v) is 12.3. The summed E-state index contributed by atoms with van der Waals surface area (Å²) in [6.45, 7) is 12.5. The summed E-state index contributed by atoms with van der Waals surface area (Å²) >= 11 is 0. The third kappa shape index (κ3) is 3.86. The van der Waals surface area contributed by atoms with E-state index in [0.29, 0.717) is 11.4 Å². The maximum absolute atomic E-state index is 11.4. The minimum atomic E-state index is -0.370. The highest BCUT2D eigenvalue weighted by Gasteiger charge is 2.23. The molecule has 106 valence electrons. The van der Waals surface area contributed by atoms with Crippen LogP contribution in [-0.2, 0) is 0 Å². The average molecular weight is 256 g/mol. The van der Waals surface area contributed by atoms with E-state index in [-0.39, 0.29) is 12.3 Å². The van der Waals surface area contributed by atoms with Gasteiger partial charge in [-0.2, -0.15) is 0 Å². The Morgan fingerprint density at radius 2 is 1.50 bits per heavy atom. The molecule has 0 aromatic heterocycles. The molecule has 0 amide bonds. The van der Waals surface area contributed by atoms with Crippen molar-refractivity contribution in [1.82, 2.24) is 0 Å². The summed E-state index contributed by atoms with van der Waals surface area (Å²) in [4.78, 5) is 24.6. The number of rotatable bonds is 6. The number of hydrogen-bond acceptors (Lipinski definition) is 4. The molecule has 0 aliphatic rings. The van der Waals surface area contributed by atoms with Crippen molar-refractivity contribution < 1.29 is 1.43 Å². The molecule has 0 aliphatic carbocycles. The Hall–Kier alpha value is -1.32. The summed E-state index contributed by atoms with van der Waals surface area (Å²) in [6, 6.07) is 0. The van der Waals surface area contributed by atoms with Crippen molar-refractivity contribution in [3.8, 4) is 0 Å². The third-order valence-corrected chi connectivity index (χ3v) is 2.52. The van der Waals surface area contributed by atoms with Gasteiger partial charge in [-0.1, -0.05) is 27.2 Å². The predicted octanol–water partition coefficient (Wildman–Crippen LogP) is 2.61. The van der Waals surface area contributed by atoms with Crippen molar-refractivity contribution in [3.05, 3.63) is 20.4 Å². The zero-order chi connectivity index (χ0) is 14.1. The van der Waals surface area contributed by atoms with E-state index in [1.54, 1.807) is 0 Å². The number of anilines is 2. The summed E-state index contributed by atoms with van der Waals surface area (Å²) in [5.41, 5.74) is 0.353. The lowest BCUT2D eigenvalue weighted by Crippen LogP contribution is -2.42. The van der Waals surface area contributed by atoms with E-state index in [4.69, 9.17) is 0 Å². The maximum atomic E-state index is 11.4. The van der Waals surface area contributed by atoms with Crippen molar-refractivity contribution in [3.63, 3.8) is 0 Å². The van der Waals surface area contributed by atoms with E-state index >= 15 is 0 Å². The van der Waals surface area contributed by atoms with Crippen LogP contribution in [0.5, 0.6) is 0 Å².